The molecule has 2 heterocycles. The zero-order valence-electron chi connectivity index (χ0n) is 13.2. The molecule has 130 valence electrons. The van der Waals surface area contributed by atoms with Gasteiger partial charge in [-0.2, -0.15) is 0 Å². The lowest BCUT2D eigenvalue weighted by Crippen LogP contribution is -2.07. The van der Waals surface area contributed by atoms with Gasteiger partial charge in [0.1, 0.15) is 5.65 Å². The van der Waals surface area contributed by atoms with Gasteiger partial charge >= 0.3 is 0 Å². The number of nitrogens with one attached hydrogen (secondary N) is 2. The van der Waals surface area contributed by atoms with E-state index in [9.17, 15) is 9.18 Å². The van der Waals surface area contributed by atoms with Crippen molar-refractivity contribution in [1.29, 1.82) is 0 Å². The molecule has 1 aromatic carbocycles. The fourth-order valence-corrected chi connectivity index (χ4v) is 3.55. The lowest BCUT2D eigenvalue weighted by molar-refractivity contribution is 0.103. The number of carbonyl (C=O) groups is 1. The highest BCUT2D eigenvalue weighted by molar-refractivity contribution is 9.10. The summed E-state index contributed by atoms with van der Waals surface area (Å²) in [4.78, 5) is 20.1. The van der Waals surface area contributed by atoms with Crippen molar-refractivity contribution in [2.45, 2.75) is 13.3 Å². The van der Waals surface area contributed by atoms with E-state index in [0.29, 0.717) is 16.6 Å². The van der Waals surface area contributed by atoms with Crippen molar-refractivity contribution >= 4 is 62.0 Å². The van der Waals surface area contributed by atoms with Crippen molar-refractivity contribution in [2.24, 2.45) is 0 Å². The summed E-state index contributed by atoms with van der Waals surface area (Å²) in [7, 11) is 0. The molecule has 0 aliphatic carbocycles. The third-order valence-electron chi connectivity index (χ3n) is 3.55. The summed E-state index contributed by atoms with van der Waals surface area (Å²) < 4.78 is 18.5. The number of fused-ring (bicyclic) bond motifs is 1. The second-order valence-corrected chi connectivity index (χ2v) is 7.54. The molecule has 0 fully saturated rings. The zero-order valence-corrected chi connectivity index (χ0v) is 16.4. The molecule has 4 nitrogen and oxygen atoms in total. The average molecular weight is 443 g/mol. The van der Waals surface area contributed by atoms with E-state index in [1.807, 2.05) is 6.92 Å². The first-order valence-electron chi connectivity index (χ1n) is 7.56. The first-order valence-corrected chi connectivity index (χ1v) is 9.71. The summed E-state index contributed by atoms with van der Waals surface area (Å²) in [6.45, 7) is 2.03. The molecule has 0 atom stereocenters. The van der Waals surface area contributed by atoms with Crippen LogP contribution in [0.4, 0.5) is 10.1 Å². The fourth-order valence-electron chi connectivity index (χ4n) is 2.37. The van der Waals surface area contributed by atoms with Gasteiger partial charge < -0.3 is 9.71 Å². The Morgan fingerprint density at radius 3 is 3.04 bits per heavy atom. The van der Waals surface area contributed by atoms with Crippen LogP contribution in [-0.4, -0.2) is 21.5 Å². The van der Waals surface area contributed by atoms with Crippen LogP contribution < -0.4 is 4.72 Å². The zero-order chi connectivity index (χ0) is 18.0. The number of rotatable bonds is 6. The Morgan fingerprint density at radius 2 is 2.28 bits per heavy atom. The molecule has 0 aliphatic heterocycles. The van der Waals surface area contributed by atoms with E-state index in [2.05, 4.69) is 30.6 Å². The number of ketones is 1. The van der Waals surface area contributed by atoms with Crippen molar-refractivity contribution < 1.29 is 9.18 Å². The summed E-state index contributed by atoms with van der Waals surface area (Å²) in [5.41, 5.74) is 0.966. The molecule has 3 aromatic rings. The van der Waals surface area contributed by atoms with E-state index >= 15 is 0 Å². The molecule has 0 amide bonds. The molecule has 0 bridgehead atoms. The fraction of sp³-hybridized carbons (Fsp3) is 0.176. The molecule has 0 radical (unpaired) electrons. The molecule has 2 N–H and O–H groups in total. The molecule has 0 saturated heterocycles. The van der Waals surface area contributed by atoms with Crippen LogP contribution in [0.2, 0.25) is 5.02 Å². The van der Waals surface area contributed by atoms with E-state index in [1.165, 1.54) is 30.3 Å². The van der Waals surface area contributed by atoms with E-state index in [0.717, 1.165) is 16.6 Å². The highest BCUT2D eigenvalue weighted by Gasteiger charge is 2.23. The number of pyridine rings is 1. The number of aromatic nitrogens is 2. The number of aromatic amines is 1. The smallest absolute Gasteiger partial charge is 0.199 e. The van der Waals surface area contributed by atoms with Crippen LogP contribution in [0, 0.1) is 5.82 Å². The van der Waals surface area contributed by atoms with Crippen molar-refractivity contribution in [3.8, 4) is 0 Å². The van der Waals surface area contributed by atoms with Crippen LogP contribution >= 0.6 is 39.5 Å². The van der Waals surface area contributed by atoms with Gasteiger partial charge in [0.05, 0.1) is 16.3 Å². The average Bonchev–Trinajstić information content (AvgIpc) is 3.00. The predicted octanol–water partition coefficient (Wildman–Crippen LogP) is 5.82. The van der Waals surface area contributed by atoms with Gasteiger partial charge in [-0.1, -0.05) is 30.5 Å². The maximum Gasteiger partial charge on any atom is 0.199 e. The first kappa shape index (κ1) is 18.2. The number of hydrogen-bond acceptors (Lipinski definition) is 4. The first-order chi connectivity index (χ1) is 12.0. The summed E-state index contributed by atoms with van der Waals surface area (Å²) >= 11 is 10.8. The number of nitrogens with zero attached hydrogens (tertiary/aromatic N) is 1. The van der Waals surface area contributed by atoms with Gasteiger partial charge in [0.2, 0.25) is 0 Å². The van der Waals surface area contributed by atoms with Crippen molar-refractivity contribution in [3.05, 3.63) is 57.0 Å². The predicted molar refractivity (Wildman–Crippen MR) is 105 cm³/mol. The van der Waals surface area contributed by atoms with Crippen molar-refractivity contribution in [1.82, 2.24) is 9.97 Å². The van der Waals surface area contributed by atoms with E-state index < -0.39 is 11.6 Å². The number of carbonyl (C=O) groups excluding carboxylic acids is 1. The Labute approximate surface area is 161 Å². The molecule has 0 spiro atoms. The van der Waals surface area contributed by atoms with Gasteiger partial charge in [0, 0.05) is 33.6 Å². The van der Waals surface area contributed by atoms with Gasteiger partial charge in [-0.05, 0) is 40.5 Å². The third kappa shape index (κ3) is 3.68. The molecule has 25 heavy (non-hydrogen) atoms. The molecular formula is C17H14BrClFN3OS. The van der Waals surface area contributed by atoms with Crippen LogP contribution in [0.15, 0.2) is 35.1 Å². The van der Waals surface area contributed by atoms with Crippen LogP contribution in [0.5, 0.6) is 0 Å². The monoisotopic (exact) mass is 441 g/mol. The van der Waals surface area contributed by atoms with E-state index in [1.54, 1.807) is 12.3 Å². The highest BCUT2D eigenvalue weighted by Crippen LogP contribution is 2.31. The van der Waals surface area contributed by atoms with Crippen LogP contribution in [-0.2, 0) is 0 Å². The normalized spacial score (nSPS) is 11.0. The SMILES string of the molecule is CCCSNc1ccc(Cl)c(C(=O)c2c[nH]c3ncc(Br)cc23)c1F. The molecule has 0 unspecified atom stereocenters. The third-order valence-corrected chi connectivity index (χ3v) is 5.27. The van der Waals surface area contributed by atoms with Crippen molar-refractivity contribution in [2.75, 3.05) is 10.5 Å². The quantitative estimate of drug-likeness (QED) is 0.287. The minimum atomic E-state index is -0.654. The van der Waals surface area contributed by atoms with Gasteiger partial charge in [-0.3, -0.25) is 4.79 Å². The Kier molecular flexibility index (Phi) is 5.66. The number of benzene rings is 1. The molecule has 3 rings (SSSR count). The largest absolute Gasteiger partial charge is 0.345 e. The van der Waals surface area contributed by atoms with Gasteiger partial charge in [-0.25, -0.2) is 9.37 Å². The lowest BCUT2D eigenvalue weighted by atomic mass is 10.0. The van der Waals surface area contributed by atoms with E-state index in [-0.39, 0.29) is 16.3 Å². The van der Waals surface area contributed by atoms with Crippen LogP contribution in [0.25, 0.3) is 11.0 Å². The Morgan fingerprint density at radius 1 is 1.48 bits per heavy atom. The van der Waals surface area contributed by atoms with Crippen LogP contribution in [0.1, 0.15) is 29.3 Å². The van der Waals surface area contributed by atoms with Gasteiger partial charge in [0.15, 0.2) is 11.6 Å². The highest BCUT2D eigenvalue weighted by atomic mass is 79.9. The minimum Gasteiger partial charge on any atom is -0.345 e. The minimum absolute atomic E-state index is 0.0749. The van der Waals surface area contributed by atoms with E-state index in [4.69, 9.17) is 11.6 Å². The molecule has 2 aromatic heterocycles. The van der Waals surface area contributed by atoms with Gasteiger partial charge in [0.25, 0.3) is 0 Å². The molecule has 8 heteroatoms. The Hall–Kier alpha value is -1.57. The summed E-state index contributed by atoms with van der Waals surface area (Å²) in [5, 5.41) is 0.680. The number of hydrogen-bond donors (Lipinski definition) is 2. The number of anilines is 1. The Bertz CT molecular complexity index is 947. The number of H-pyrrole nitrogens is 1. The molecule has 0 saturated carbocycles. The van der Waals surface area contributed by atoms with Gasteiger partial charge in [-0.15, -0.1) is 0 Å². The Balaban J connectivity index is 2.03. The second-order valence-electron chi connectivity index (χ2n) is 5.32. The van der Waals surface area contributed by atoms with Crippen LogP contribution in [0.3, 0.4) is 0 Å². The summed E-state index contributed by atoms with van der Waals surface area (Å²) in [6.07, 6.45) is 4.10. The second kappa shape index (κ2) is 7.76. The van der Waals surface area contributed by atoms with Crippen molar-refractivity contribution in [3.63, 3.8) is 0 Å². The number of halogens is 3. The molecular weight excluding hydrogens is 429 g/mol. The maximum atomic E-state index is 14.9. The topological polar surface area (TPSA) is 57.8 Å². The summed E-state index contributed by atoms with van der Waals surface area (Å²) in [6, 6.07) is 4.82. The lowest BCUT2D eigenvalue weighted by Gasteiger charge is -2.11. The standard InChI is InChI=1S/C17H14BrClFN3OS/c1-2-5-25-23-13-4-3-12(19)14(15(13)20)16(24)11-8-22-17-10(11)6-9(18)7-21-17/h3-4,6-8,23H,2,5H2,1H3,(H,21,22). The summed E-state index contributed by atoms with van der Waals surface area (Å²) in [5.74, 6) is -0.316. The maximum absolute atomic E-state index is 14.9. The molecule has 0 aliphatic rings.